The molecule has 0 aliphatic heterocycles. The van der Waals surface area contributed by atoms with Gasteiger partial charge < -0.3 is 10.2 Å². The van der Waals surface area contributed by atoms with Crippen molar-refractivity contribution in [2.24, 2.45) is 11.8 Å². The lowest BCUT2D eigenvalue weighted by molar-refractivity contribution is 0.00147. The predicted octanol–water partition coefficient (Wildman–Crippen LogP) is 2.58. The van der Waals surface area contributed by atoms with Crippen LogP contribution in [0.25, 0.3) is 0 Å². The Balaban J connectivity index is 3.56. The van der Waals surface area contributed by atoms with Gasteiger partial charge in [0.1, 0.15) is 0 Å². The molecule has 14 heavy (non-hydrogen) atoms. The van der Waals surface area contributed by atoms with E-state index in [2.05, 4.69) is 27.7 Å². The summed E-state index contributed by atoms with van der Waals surface area (Å²) in [5, 5.41) is 19.2. The van der Waals surface area contributed by atoms with Gasteiger partial charge in [0.25, 0.3) is 0 Å². The molecule has 0 amide bonds. The van der Waals surface area contributed by atoms with Crippen LogP contribution in [-0.2, 0) is 0 Å². The molecule has 0 aromatic heterocycles. The van der Waals surface area contributed by atoms with Crippen LogP contribution < -0.4 is 0 Å². The van der Waals surface area contributed by atoms with Crippen molar-refractivity contribution in [1.29, 1.82) is 0 Å². The van der Waals surface area contributed by atoms with Gasteiger partial charge in [0.2, 0.25) is 0 Å². The second-order valence-corrected chi connectivity index (χ2v) is 5.09. The maximum absolute atomic E-state index is 9.63. The van der Waals surface area contributed by atoms with Crippen molar-refractivity contribution in [2.45, 2.75) is 65.6 Å². The van der Waals surface area contributed by atoms with Gasteiger partial charge in [-0.3, -0.25) is 0 Å². The minimum absolute atomic E-state index is 0.449. The largest absolute Gasteiger partial charge is 0.390 e. The highest BCUT2D eigenvalue weighted by Gasteiger charge is 2.16. The van der Waals surface area contributed by atoms with Crippen molar-refractivity contribution in [3.8, 4) is 0 Å². The van der Waals surface area contributed by atoms with Gasteiger partial charge >= 0.3 is 0 Å². The van der Waals surface area contributed by atoms with Crippen LogP contribution in [0.5, 0.6) is 0 Å². The lowest BCUT2D eigenvalue weighted by Crippen LogP contribution is -2.27. The van der Waals surface area contributed by atoms with Gasteiger partial charge in [0.15, 0.2) is 0 Å². The van der Waals surface area contributed by atoms with Gasteiger partial charge in [0.05, 0.1) is 12.2 Å². The number of aliphatic hydroxyl groups excluding tert-OH is 2. The van der Waals surface area contributed by atoms with Gasteiger partial charge in [-0.25, -0.2) is 0 Å². The Morgan fingerprint density at radius 2 is 1.36 bits per heavy atom. The molecule has 0 saturated heterocycles. The van der Waals surface area contributed by atoms with Gasteiger partial charge in [-0.15, -0.1) is 0 Å². The molecule has 86 valence electrons. The number of aliphatic hydroxyl groups is 2. The molecular weight excluding hydrogens is 176 g/mol. The fourth-order valence-corrected chi connectivity index (χ4v) is 1.57. The van der Waals surface area contributed by atoms with E-state index in [1.807, 2.05) is 0 Å². The van der Waals surface area contributed by atoms with Crippen molar-refractivity contribution in [1.82, 2.24) is 0 Å². The van der Waals surface area contributed by atoms with E-state index < -0.39 is 12.2 Å². The van der Waals surface area contributed by atoms with Crippen LogP contribution in [0.4, 0.5) is 0 Å². The monoisotopic (exact) mass is 202 g/mol. The van der Waals surface area contributed by atoms with E-state index in [-0.39, 0.29) is 0 Å². The summed E-state index contributed by atoms with van der Waals surface area (Å²) in [7, 11) is 0. The molecular formula is C12H26O2. The van der Waals surface area contributed by atoms with Crippen molar-refractivity contribution >= 4 is 0 Å². The average molecular weight is 202 g/mol. The summed E-state index contributed by atoms with van der Waals surface area (Å²) in [6.45, 7) is 8.47. The second-order valence-electron chi connectivity index (χ2n) is 5.09. The number of hydrogen-bond acceptors (Lipinski definition) is 2. The first-order valence-corrected chi connectivity index (χ1v) is 5.79. The third kappa shape index (κ3) is 7.34. The maximum atomic E-state index is 9.63. The fraction of sp³-hybridized carbons (Fsp3) is 1.00. The Bertz CT molecular complexity index is 132. The van der Waals surface area contributed by atoms with Crippen LogP contribution in [0.3, 0.4) is 0 Å². The van der Waals surface area contributed by atoms with E-state index in [9.17, 15) is 10.2 Å². The normalized spacial score (nSPS) is 16.3. The third-order valence-corrected chi connectivity index (χ3v) is 2.44. The van der Waals surface area contributed by atoms with E-state index in [0.717, 1.165) is 19.3 Å². The first kappa shape index (κ1) is 13.9. The first-order chi connectivity index (χ1) is 6.43. The minimum atomic E-state index is -0.540. The molecule has 0 saturated carbocycles. The summed E-state index contributed by atoms with van der Waals surface area (Å²) >= 11 is 0. The molecule has 2 atom stereocenters. The molecule has 0 radical (unpaired) electrons. The SMILES string of the molecule is CC(C)CCCC(O)C(O)CC(C)C. The van der Waals surface area contributed by atoms with Crippen LogP contribution in [0.2, 0.25) is 0 Å². The predicted molar refractivity (Wildman–Crippen MR) is 60.2 cm³/mol. The van der Waals surface area contributed by atoms with Crippen LogP contribution >= 0.6 is 0 Å². The lowest BCUT2D eigenvalue weighted by atomic mass is 9.97. The van der Waals surface area contributed by atoms with Crippen LogP contribution in [0.1, 0.15) is 53.4 Å². The van der Waals surface area contributed by atoms with Crippen molar-refractivity contribution in [3.05, 3.63) is 0 Å². The Kier molecular flexibility index (Phi) is 7.20. The Morgan fingerprint density at radius 1 is 0.786 bits per heavy atom. The van der Waals surface area contributed by atoms with Crippen LogP contribution in [-0.4, -0.2) is 22.4 Å². The fourth-order valence-electron chi connectivity index (χ4n) is 1.57. The van der Waals surface area contributed by atoms with Crippen LogP contribution in [0.15, 0.2) is 0 Å². The van der Waals surface area contributed by atoms with E-state index in [4.69, 9.17) is 0 Å². The number of hydrogen-bond donors (Lipinski definition) is 2. The first-order valence-electron chi connectivity index (χ1n) is 5.79. The topological polar surface area (TPSA) is 40.5 Å². The molecule has 0 aromatic carbocycles. The van der Waals surface area contributed by atoms with Gasteiger partial charge in [-0.2, -0.15) is 0 Å². The third-order valence-electron chi connectivity index (χ3n) is 2.44. The van der Waals surface area contributed by atoms with E-state index in [1.165, 1.54) is 0 Å². The molecule has 2 N–H and O–H groups in total. The zero-order valence-electron chi connectivity index (χ0n) is 10.0. The average Bonchev–Trinajstić information content (AvgIpc) is 2.01. The molecule has 2 nitrogen and oxygen atoms in total. The molecule has 0 aliphatic carbocycles. The van der Waals surface area contributed by atoms with Crippen molar-refractivity contribution in [3.63, 3.8) is 0 Å². The van der Waals surface area contributed by atoms with Gasteiger partial charge in [-0.05, 0) is 24.7 Å². The van der Waals surface area contributed by atoms with Crippen LogP contribution in [0, 0.1) is 11.8 Å². The lowest BCUT2D eigenvalue weighted by Gasteiger charge is -2.19. The highest BCUT2D eigenvalue weighted by Crippen LogP contribution is 2.14. The zero-order chi connectivity index (χ0) is 11.1. The van der Waals surface area contributed by atoms with E-state index >= 15 is 0 Å². The van der Waals surface area contributed by atoms with Crippen molar-refractivity contribution in [2.75, 3.05) is 0 Å². The van der Waals surface area contributed by atoms with Crippen molar-refractivity contribution < 1.29 is 10.2 Å². The molecule has 0 aliphatic rings. The molecule has 0 spiro atoms. The summed E-state index contributed by atoms with van der Waals surface area (Å²) in [4.78, 5) is 0. The molecule has 0 heterocycles. The minimum Gasteiger partial charge on any atom is -0.390 e. The zero-order valence-corrected chi connectivity index (χ0v) is 10.0. The van der Waals surface area contributed by atoms with E-state index in [0.29, 0.717) is 18.3 Å². The number of rotatable bonds is 7. The molecule has 0 aromatic rings. The summed E-state index contributed by atoms with van der Waals surface area (Å²) < 4.78 is 0. The van der Waals surface area contributed by atoms with E-state index in [1.54, 1.807) is 0 Å². The summed E-state index contributed by atoms with van der Waals surface area (Å²) in [5.74, 6) is 1.13. The standard InChI is InChI=1S/C12H26O2/c1-9(2)6-5-7-11(13)12(14)8-10(3)4/h9-14H,5-8H2,1-4H3. The highest BCUT2D eigenvalue weighted by molar-refractivity contribution is 4.68. The second kappa shape index (κ2) is 7.24. The summed E-state index contributed by atoms with van der Waals surface area (Å²) in [5.41, 5.74) is 0. The van der Waals surface area contributed by atoms with Gasteiger partial charge in [-0.1, -0.05) is 40.5 Å². The summed E-state index contributed by atoms with van der Waals surface area (Å²) in [6, 6.07) is 0. The molecule has 0 rings (SSSR count). The maximum Gasteiger partial charge on any atom is 0.0801 e. The smallest absolute Gasteiger partial charge is 0.0801 e. The molecule has 2 unspecified atom stereocenters. The molecule has 0 bridgehead atoms. The highest BCUT2D eigenvalue weighted by atomic mass is 16.3. The summed E-state index contributed by atoms with van der Waals surface area (Å²) in [6.07, 6.45) is 2.49. The molecule has 0 fully saturated rings. The Labute approximate surface area is 88.3 Å². The Morgan fingerprint density at radius 3 is 1.79 bits per heavy atom. The quantitative estimate of drug-likeness (QED) is 0.666. The molecule has 2 heteroatoms. The van der Waals surface area contributed by atoms with Gasteiger partial charge in [0, 0.05) is 0 Å². The Hall–Kier alpha value is -0.0800.